The quantitative estimate of drug-likeness (QED) is 0.544. The maximum Gasteiger partial charge on any atom is 0.0959 e. The molecule has 0 rings (SSSR count). The van der Waals surface area contributed by atoms with Gasteiger partial charge < -0.3 is 0 Å². The van der Waals surface area contributed by atoms with E-state index in [0.717, 1.165) is 6.42 Å². The summed E-state index contributed by atoms with van der Waals surface area (Å²) in [5.74, 6) is 0. The fraction of sp³-hybridized carbons (Fsp3) is 0.833. The smallest absolute Gasteiger partial charge is 0.0959 e. The second-order valence-corrected chi connectivity index (χ2v) is 1.70. The lowest BCUT2D eigenvalue weighted by atomic mass is 10.5. The van der Waals surface area contributed by atoms with Gasteiger partial charge in [0.2, 0.25) is 0 Å². The SMILES string of the molecule is CC/C=N\C(C)NC. The molecule has 1 unspecified atom stereocenters. The molecule has 0 heterocycles. The minimum Gasteiger partial charge on any atom is -0.299 e. The number of hydrogen-bond acceptors (Lipinski definition) is 2. The Morgan fingerprint density at radius 3 is 2.75 bits per heavy atom. The van der Waals surface area contributed by atoms with Crippen molar-refractivity contribution in [2.24, 2.45) is 4.99 Å². The van der Waals surface area contributed by atoms with Crippen LogP contribution in [-0.4, -0.2) is 19.4 Å². The predicted molar refractivity (Wildman–Crippen MR) is 37.3 cm³/mol. The molecule has 2 nitrogen and oxygen atoms in total. The van der Waals surface area contributed by atoms with Crippen molar-refractivity contribution in [3.05, 3.63) is 0 Å². The highest BCUT2D eigenvalue weighted by Gasteiger charge is 1.85. The normalized spacial score (nSPS) is 14.9. The van der Waals surface area contributed by atoms with Crippen LogP contribution in [0.25, 0.3) is 0 Å². The molecule has 1 atom stereocenters. The van der Waals surface area contributed by atoms with E-state index in [9.17, 15) is 0 Å². The summed E-state index contributed by atoms with van der Waals surface area (Å²) in [5, 5.41) is 3.00. The summed E-state index contributed by atoms with van der Waals surface area (Å²) < 4.78 is 0. The summed E-state index contributed by atoms with van der Waals surface area (Å²) in [7, 11) is 1.90. The first-order valence-electron chi connectivity index (χ1n) is 3.00. The van der Waals surface area contributed by atoms with Gasteiger partial charge in [-0.2, -0.15) is 0 Å². The summed E-state index contributed by atoms with van der Waals surface area (Å²) in [5.41, 5.74) is 0. The third-order valence-electron chi connectivity index (χ3n) is 0.929. The molecule has 48 valence electrons. The Labute approximate surface area is 51.0 Å². The average molecular weight is 114 g/mol. The molecule has 0 amide bonds. The number of nitrogens with one attached hydrogen (secondary N) is 1. The zero-order chi connectivity index (χ0) is 6.41. The lowest BCUT2D eigenvalue weighted by Crippen LogP contribution is -2.18. The van der Waals surface area contributed by atoms with Gasteiger partial charge in [0.1, 0.15) is 0 Å². The Bertz CT molecular complexity index is 68.9. The maximum absolute atomic E-state index is 4.12. The summed E-state index contributed by atoms with van der Waals surface area (Å²) in [6.07, 6.45) is 3.21. The van der Waals surface area contributed by atoms with Gasteiger partial charge in [0.25, 0.3) is 0 Å². The van der Waals surface area contributed by atoms with Crippen molar-refractivity contribution >= 4 is 6.21 Å². The second-order valence-electron chi connectivity index (χ2n) is 1.70. The maximum atomic E-state index is 4.12. The zero-order valence-electron chi connectivity index (χ0n) is 5.81. The van der Waals surface area contributed by atoms with Crippen LogP contribution in [0.4, 0.5) is 0 Å². The Balaban J connectivity index is 3.21. The van der Waals surface area contributed by atoms with E-state index in [-0.39, 0.29) is 6.17 Å². The van der Waals surface area contributed by atoms with Gasteiger partial charge in [-0.15, -0.1) is 0 Å². The number of aliphatic imine (C=N–C) groups is 1. The Hall–Kier alpha value is -0.370. The van der Waals surface area contributed by atoms with Crippen molar-refractivity contribution < 1.29 is 0 Å². The van der Waals surface area contributed by atoms with E-state index >= 15 is 0 Å². The van der Waals surface area contributed by atoms with Gasteiger partial charge in [0.15, 0.2) is 0 Å². The third kappa shape index (κ3) is 3.81. The lowest BCUT2D eigenvalue weighted by molar-refractivity contribution is 0.643. The number of hydrogen-bond donors (Lipinski definition) is 1. The van der Waals surface area contributed by atoms with E-state index in [1.807, 2.05) is 20.2 Å². The molecule has 8 heavy (non-hydrogen) atoms. The summed E-state index contributed by atoms with van der Waals surface area (Å²) in [4.78, 5) is 4.12. The van der Waals surface area contributed by atoms with E-state index in [4.69, 9.17) is 0 Å². The molecule has 0 spiro atoms. The van der Waals surface area contributed by atoms with Crippen LogP contribution in [0.15, 0.2) is 4.99 Å². The fourth-order valence-electron chi connectivity index (χ4n) is 0.338. The van der Waals surface area contributed by atoms with E-state index in [1.165, 1.54) is 0 Å². The summed E-state index contributed by atoms with van der Waals surface area (Å²) >= 11 is 0. The predicted octanol–water partition coefficient (Wildman–Crippen LogP) is 1.03. The van der Waals surface area contributed by atoms with Crippen LogP contribution < -0.4 is 5.32 Å². The molecule has 0 radical (unpaired) electrons. The van der Waals surface area contributed by atoms with Crippen molar-refractivity contribution in [3.8, 4) is 0 Å². The fourth-order valence-corrected chi connectivity index (χ4v) is 0.338. The topological polar surface area (TPSA) is 24.4 Å². The van der Waals surface area contributed by atoms with E-state index in [0.29, 0.717) is 0 Å². The second kappa shape index (κ2) is 4.78. The number of nitrogens with zero attached hydrogens (tertiary/aromatic N) is 1. The van der Waals surface area contributed by atoms with Crippen LogP contribution in [-0.2, 0) is 0 Å². The van der Waals surface area contributed by atoms with Gasteiger partial charge >= 0.3 is 0 Å². The van der Waals surface area contributed by atoms with E-state index < -0.39 is 0 Å². The summed E-state index contributed by atoms with van der Waals surface area (Å²) in [6.45, 7) is 4.10. The Kier molecular flexibility index (Phi) is 4.56. The lowest BCUT2D eigenvalue weighted by Gasteiger charge is -2.00. The van der Waals surface area contributed by atoms with Crippen LogP contribution in [0.3, 0.4) is 0 Å². The van der Waals surface area contributed by atoms with Crippen molar-refractivity contribution in [2.75, 3.05) is 7.05 Å². The molecule has 0 saturated carbocycles. The molecule has 0 aromatic rings. The Morgan fingerprint density at radius 1 is 1.75 bits per heavy atom. The first-order valence-corrected chi connectivity index (χ1v) is 3.00. The molecule has 0 aliphatic heterocycles. The van der Waals surface area contributed by atoms with Gasteiger partial charge in [0.05, 0.1) is 6.17 Å². The minimum absolute atomic E-state index is 0.273. The van der Waals surface area contributed by atoms with Crippen LogP contribution >= 0.6 is 0 Å². The first kappa shape index (κ1) is 7.63. The molecule has 0 saturated heterocycles. The van der Waals surface area contributed by atoms with Gasteiger partial charge in [-0.05, 0) is 20.4 Å². The average Bonchev–Trinajstić information content (AvgIpc) is 1.83. The monoisotopic (exact) mass is 114 g/mol. The van der Waals surface area contributed by atoms with Crippen LogP contribution in [0.2, 0.25) is 0 Å². The molecular formula is C6H14N2. The first-order chi connectivity index (χ1) is 3.81. The molecule has 0 aromatic carbocycles. The van der Waals surface area contributed by atoms with Gasteiger partial charge in [-0.3, -0.25) is 10.3 Å². The van der Waals surface area contributed by atoms with Crippen molar-refractivity contribution in [3.63, 3.8) is 0 Å². The molecule has 1 N–H and O–H groups in total. The van der Waals surface area contributed by atoms with Crippen LogP contribution in [0.5, 0.6) is 0 Å². The molecule has 2 heteroatoms. The molecule has 0 fully saturated rings. The molecule has 0 aromatic heterocycles. The third-order valence-corrected chi connectivity index (χ3v) is 0.929. The van der Waals surface area contributed by atoms with Gasteiger partial charge in [-0.1, -0.05) is 6.92 Å². The van der Waals surface area contributed by atoms with Crippen molar-refractivity contribution in [1.29, 1.82) is 0 Å². The van der Waals surface area contributed by atoms with Crippen molar-refractivity contribution in [1.82, 2.24) is 5.32 Å². The molecule has 0 aliphatic rings. The zero-order valence-corrected chi connectivity index (χ0v) is 5.81. The van der Waals surface area contributed by atoms with E-state index in [2.05, 4.69) is 17.2 Å². The highest BCUT2D eigenvalue weighted by atomic mass is 15.0. The Morgan fingerprint density at radius 2 is 2.38 bits per heavy atom. The van der Waals surface area contributed by atoms with E-state index in [1.54, 1.807) is 0 Å². The van der Waals surface area contributed by atoms with Crippen molar-refractivity contribution in [2.45, 2.75) is 26.4 Å². The molecular weight excluding hydrogens is 100 g/mol. The molecule has 0 bridgehead atoms. The largest absolute Gasteiger partial charge is 0.299 e. The minimum atomic E-state index is 0.273. The van der Waals surface area contributed by atoms with Gasteiger partial charge in [-0.25, -0.2) is 0 Å². The summed E-state index contributed by atoms with van der Waals surface area (Å²) in [6, 6.07) is 0. The number of rotatable bonds is 3. The van der Waals surface area contributed by atoms with Crippen LogP contribution in [0.1, 0.15) is 20.3 Å². The van der Waals surface area contributed by atoms with Gasteiger partial charge in [0, 0.05) is 6.21 Å². The standard InChI is InChI=1S/C6H14N2/c1-4-5-8-6(2)7-3/h5-7H,4H2,1-3H3/b8-5-. The highest BCUT2D eigenvalue weighted by Crippen LogP contribution is 1.79. The molecule has 0 aliphatic carbocycles. The van der Waals surface area contributed by atoms with Crippen LogP contribution in [0, 0.1) is 0 Å². The highest BCUT2D eigenvalue weighted by molar-refractivity contribution is 5.56.